The number of hydrogen-bond acceptors (Lipinski definition) is 4. The Hall–Kier alpha value is -3.39. The third kappa shape index (κ3) is 5.11. The Morgan fingerprint density at radius 2 is 1.83 bits per heavy atom. The Labute approximate surface area is 168 Å². The maximum atomic E-state index is 12.3. The van der Waals surface area contributed by atoms with E-state index in [1.165, 1.54) is 11.1 Å². The number of aliphatic carboxylic acids is 1. The number of urea groups is 1. The van der Waals surface area contributed by atoms with Crippen LogP contribution in [0.5, 0.6) is 0 Å². The van der Waals surface area contributed by atoms with Crippen LogP contribution in [0.1, 0.15) is 24.0 Å². The second-order valence-electron chi connectivity index (χ2n) is 6.89. The molecule has 0 aliphatic heterocycles. The van der Waals surface area contributed by atoms with Gasteiger partial charge in [0.15, 0.2) is 0 Å². The largest absolute Gasteiger partial charge is 0.480 e. The van der Waals surface area contributed by atoms with E-state index in [1.54, 1.807) is 6.07 Å². The normalized spacial score (nSPS) is 12.4. The highest BCUT2D eigenvalue weighted by molar-refractivity contribution is 5.93. The summed E-state index contributed by atoms with van der Waals surface area (Å²) >= 11 is 0. The number of amides is 3. The molecule has 2 aromatic rings. The molecule has 0 spiro atoms. The summed E-state index contributed by atoms with van der Waals surface area (Å²) in [7, 11) is 0. The fraction of sp³-hybridized carbons (Fsp3) is 0.286. The highest BCUT2D eigenvalue weighted by atomic mass is 16.4. The smallest absolute Gasteiger partial charge is 0.326 e. The van der Waals surface area contributed by atoms with Gasteiger partial charge in [-0.2, -0.15) is 0 Å². The van der Waals surface area contributed by atoms with Crippen LogP contribution in [-0.4, -0.2) is 42.1 Å². The van der Waals surface area contributed by atoms with Crippen LogP contribution < -0.4 is 21.7 Å². The number of benzene rings is 2. The summed E-state index contributed by atoms with van der Waals surface area (Å²) < 4.78 is 0. The number of nitrogens with one attached hydrogen (secondary N) is 3. The van der Waals surface area contributed by atoms with Crippen LogP contribution >= 0.6 is 0 Å². The predicted octanol–water partition coefficient (Wildman–Crippen LogP) is 1.69. The van der Waals surface area contributed by atoms with Crippen molar-refractivity contribution in [2.24, 2.45) is 5.73 Å². The highest BCUT2D eigenvalue weighted by Gasteiger charge is 2.21. The molecule has 29 heavy (non-hydrogen) atoms. The van der Waals surface area contributed by atoms with Gasteiger partial charge in [-0.05, 0) is 53.6 Å². The van der Waals surface area contributed by atoms with E-state index in [9.17, 15) is 19.5 Å². The Morgan fingerprint density at radius 3 is 2.59 bits per heavy atom. The second-order valence-corrected chi connectivity index (χ2v) is 6.89. The van der Waals surface area contributed by atoms with Gasteiger partial charge < -0.3 is 26.8 Å². The molecule has 0 bridgehead atoms. The van der Waals surface area contributed by atoms with Gasteiger partial charge >= 0.3 is 12.0 Å². The topological polar surface area (TPSA) is 134 Å². The van der Waals surface area contributed by atoms with Gasteiger partial charge in [-0.3, -0.25) is 4.79 Å². The van der Waals surface area contributed by atoms with Crippen molar-refractivity contribution in [3.63, 3.8) is 0 Å². The first-order chi connectivity index (χ1) is 14.0. The highest BCUT2D eigenvalue weighted by Crippen LogP contribution is 2.37. The molecule has 1 atom stereocenters. The van der Waals surface area contributed by atoms with Crippen LogP contribution in [-0.2, 0) is 16.0 Å². The van der Waals surface area contributed by atoms with Crippen LogP contribution in [0.3, 0.4) is 0 Å². The number of fused-ring (bicyclic) bond motifs is 3. The fourth-order valence-corrected chi connectivity index (χ4v) is 3.41. The van der Waals surface area contributed by atoms with E-state index in [-0.39, 0.29) is 18.9 Å². The number of hydrogen-bond donors (Lipinski definition) is 5. The summed E-state index contributed by atoms with van der Waals surface area (Å²) in [6.07, 6.45) is 1.39. The number of carbonyl (C=O) groups is 3. The van der Waals surface area contributed by atoms with Gasteiger partial charge in [-0.1, -0.05) is 30.3 Å². The monoisotopic (exact) mass is 396 g/mol. The maximum Gasteiger partial charge on any atom is 0.326 e. The number of carbonyl (C=O) groups excluding carboxylic acids is 2. The van der Waals surface area contributed by atoms with Crippen molar-refractivity contribution in [3.8, 4) is 11.1 Å². The molecule has 3 amide bonds. The van der Waals surface area contributed by atoms with E-state index in [0.717, 1.165) is 17.5 Å². The van der Waals surface area contributed by atoms with Crippen LogP contribution in [0.15, 0.2) is 42.5 Å². The first-order valence-electron chi connectivity index (χ1n) is 9.46. The molecule has 0 radical (unpaired) electrons. The molecule has 8 heteroatoms. The van der Waals surface area contributed by atoms with Crippen molar-refractivity contribution < 1.29 is 19.5 Å². The Balaban J connectivity index is 1.55. The van der Waals surface area contributed by atoms with Crippen LogP contribution in [0.25, 0.3) is 11.1 Å². The van der Waals surface area contributed by atoms with E-state index in [0.29, 0.717) is 18.7 Å². The lowest BCUT2D eigenvalue weighted by Crippen LogP contribution is -2.43. The van der Waals surface area contributed by atoms with Gasteiger partial charge in [-0.25, -0.2) is 9.59 Å². The third-order valence-corrected chi connectivity index (χ3v) is 4.83. The van der Waals surface area contributed by atoms with E-state index in [2.05, 4.69) is 28.1 Å². The number of carboxylic acid groups (broad SMARTS) is 1. The molecule has 3 rings (SSSR count). The molecular formula is C21H24N4O4. The molecular weight excluding hydrogens is 372 g/mol. The molecule has 1 unspecified atom stereocenters. The molecule has 0 fully saturated rings. The Kier molecular flexibility index (Phi) is 6.46. The van der Waals surface area contributed by atoms with Crippen molar-refractivity contribution in [1.29, 1.82) is 0 Å². The van der Waals surface area contributed by atoms with Gasteiger partial charge in [-0.15, -0.1) is 0 Å². The zero-order chi connectivity index (χ0) is 20.8. The van der Waals surface area contributed by atoms with Crippen LogP contribution in [0.2, 0.25) is 0 Å². The third-order valence-electron chi connectivity index (χ3n) is 4.83. The molecule has 2 aromatic carbocycles. The van der Waals surface area contributed by atoms with E-state index < -0.39 is 18.0 Å². The summed E-state index contributed by atoms with van der Waals surface area (Å²) in [5.41, 5.74) is 10.5. The van der Waals surface area contributed by atoms with Crippen molar-refractivity contribution in [2.75, 3.05) is 18.4 Å². The van der Waals surface area contributed by atoms with Gasteiger partial charge in [0.05, 0.1) is 6.54 Å². The summed E-state index contributed by atoms with van der Waals surface area (Å²) in [5, 5.41) is 17.1. The maximum absolute atomic E-state index is 12.3. The minimum atomic E-state index is -1.13. The molecule has 0 heterocycles. The summed E-state index contributed by atoms with van der Waals surface area (Å²) in [6, 6.07) is 12.2. The van der Waals surface area contributed by atoms with Crippen molar-refractivity contribution in [2.45, 2.75) is 25.3 Å². The number of carboxylic acids is 1. The zero-order valence-electron chi connectivity index (χ0n) is 15.9. The number of anilines is 1. The molecule has 1 aliphatic carbocycles. The van der Waals surface area contributed by atoms with Crippen LogP contribution in [0, 0.1) is 0 Å². The molecule has 152 valence electrons. The number of rotatable bonds is 8. The molecule has 0 saturated heterocycles. The summed E-state index contributed by atoms with van der Waals surface area (Å²) in [6.45, 7) is 0.184. The number of nitrogens with two attached hydrogens (primary N) is 1. The lowest BCUT2D eigenvalue weighted by atomic mass is 10.1. The molecule has 8 nitrogen and oxygen atoms in total. The predicted molar refractivity (Wildman–Crippen MR) is 110 cm³/mol. The second kappa shape index (κ2) is 9.20. The summed E-state index contributed by atoms with van der Waals surface area (Å²) in [4.78, 5) is 34.8. The minimum Gasteiger partial charge on any atom is -0.480 e. The minimum absolute atomic E-state index is 0.116. The summed E-state index contributed by atoms with van der Waals surface area (Å²) in [5.74, 6) is -1.43. The molecule has 1 aliphatic rings. The molecule has 0 aromatic heterocycles. The first-order valence-corrected chi connectivity index (χ1v) is 9.46. The van der Waals surface area contributed by atoms with Crippen molar-refractivity contribution >= 4 is 23.6 Å². The quantitative estimate of drug-likeness (QED) is 0.370. The zero-order valence-corrected chi connectivity index (χ0v) is 15.9. The first kappa shape index (κ1) is 20.3. The van der Waals surface area contributed by atoms with Gasteiger partial charge in [0.1, 0.15) is 6.04 Å². The molecule has 0 saturated carbocycles. The van der Waals surface area contributed by atoms with Crippen molar-refractivity contribution in [3.05, 3.63) is 53.6 Å². The van der Waals surface area contributed by atoms with E-state index >= 15 is 0 Å². The van der Waals surface area contributed by atoms with Crippen LogP contribution in [0.4, 0.5) is 10.5 Å². The van der Waals surface area contributed by atoms with Gasteiger partial charge in [0, 0.05) is 12.2 Å². The average Bonchev–Trinajstić information content (AvgIpc) is 3.07. The standard InChI is InChI=1S/C21H24N4O4/c22-12-19(26)23-9-3-6-18(20(27)28)25-21(29)24-15-7-8-17-14(11-15)10-13-4-1-2-5-16(13)17/h1-2,4-5,7-8,11,18H,3,6,9-10,12,22H2,(H,23,26)(H,27,28)(H2,24,25,29). The molecule has 6 N–H and O–H groups in total. The lowest BCUT2D eigenvalue weighted by Gasteiger charge is -2.16. The van der Waals surface area contributed by atoms with Crippen molar-refractivity contribution in [1.82, 2.24) is 10.6 Å². The van der Waals surface area contributed by atoms with E-state index in [4.69, 9.17) is 5.73 Å². The Morgan fingerprint density at radius 1 is 1.07 bits per heavy atom. The van der Waals surface area contributed by atoms with Gasteiger partial charge in [0.2, 0.25) is 5.91 Å². The SMILES string of the molecule is NCC(=O)NCCCC(NC(=O)Nc1ccc2c(c1)Cc1ccccc1-2)C(=O)O. The Bertz CT molecular complexity index is 929. The average molecular weight is 396 g/mol. The van der Waals surface area contributed by atoms with E-state index in [1.807, 2.05) is 24.3 Å². The fourth-order valence-electron chi connectivity index (χ4n) is 3.41. The lowest BCUT2D eigenvalue weighted by molar-refractivity contribution is -0.139. The van der Waals surface area contributed by atoms with Gasteiger partial charge in [0.25, 0.3) is 0 Å².